The van der Waals surface area contributed by atoms with Crippen LogP contribution in [0.5, 0.6) is 0 Å². The fourth-order valence-electron chi connectivity index (χ4n) is 2.44. The Morgan fingerprint density at radius 1 is 1.12 bits per heavy atom. The quantitative estimate of drug-likeness (QED) is 0.411. The number of rotatable bonds is 8. The Hall–Kier alpha value is -2.50. The molecule has 0 aromatic heterocycles. The van der Waals surface area contributed by atoms with Crippen molar-refractivity contribution in [3.05, 3.63) is 35.9 Å². The summed E-state index contributed by atoms with van der Waals surface area (Å²) < 4.78 is 9.68. The van der Waals surface area contributed by atoms with Crippen LogP contribution in [-0.2, 0) is 23.9 Å². The fraction of sp³-hybridized carbons (Fsp3) is 0.444. The molecule has 2 unspecified atom stereocenters. The van der Waals surface area contributed by atoms with Gasteiger partial charge in [0.2, 0.25) is 0 Å². The Labute approximate surface area is 141 Å². The van der Waals surface area contributed by atoms with Crippen LogP contribution in [0.15, 0.2) is 30.3 Å². The zero-order valence-electron chi connectivity index (χ0n) is 14.3. The zero-order chi connectivity index (χ0) is 18.3. The van der Waals surface area contributed by atoms with E-state index in [1.165, 1.54) is 13.8 Å². The Kier molecular flexibility index (Phi) is 6.82. The van der Waals surface area contributed by atoms with Crippen molar-refractivity contribution < 1.29 is 28.7 Å². The van der Waals surface area contributed by atoms with Crippen LogP contribution in [0.3, 0.4) is 0 Å². The maximum absolute atomic E-state index is 12.5. The third-order valence-electron chi connectivity index (χ3n) is 4.09. The van der Waals surface area contributed by atoms with Crippen LogP contribution in [0.1, 0.15) is 37.6 Å². The highest BCUT2D eigenvalue weighted by atomic mass is 16.5. The number of ketones is 2. The van der Waals surface area contributed by atoms with Gasteiger partial charge in [0.15, 0.2) is 5.78 Å². The van der Waals surface area contributed by atoms with Crippen molar-refractivity contribution in [3.8, 4) is 0 Å². The molecule has 6 heteroatoms. The first-order valence-electron chi connectivity index (χ1n) is 7.63. The van der Waals surface area contributed by atoms with Gasteiger partial charge in [-0.05, 0) is 20.8 Å². The van der Waals surface area contributed by atoms with Crippen LogP contribution < -0.4 is 0 Å². The van der Waals surface area contributed by atoms with Crippen LogP contribution in [0.2, 0.25) is 0 Å². The van der Waals surface area contributed by atoms with Crippen molar-refractivity contribution in [2.75, 3.05) is 13.7 Å². The van der Waals surface area contributed by atoms with Gasteiger partial charge in [-0.25, -0.2) is 0 Å². The molecule has 130 valence electrons. The third-order valence-corrected chi connectivity index (χ3v) is 4.09. The standard InChI is InChI=1S/C18H22O6/c1-5-24-16(21)14(18(3,12(2)19)17(22)23-4)11-15(20)13-9-7-6-8-10-13/h6-10,14H,5,11H2,1-4H3. The molecule has 1 aromatic rings. The molecular weight excluding hydrogens is 312 g/mol. The van der Waals surface area contributed by atoms with E-state index in [2.05, 4.69) is 0 Å². The molecule has 24 heavy (non-hydrogen) atoms. The van der Waals surface area contributed by atoms with E-state index in [0.29, 0.717) is 5.56 Å². The van der Waals surface area contributed by atoms with E-state index in [1.807, 2.05) is 0 Å². The molecule has 0 N–H and O–H groups in total. The second-order valence-corrected chi connectivity index (χ2v) is 5.55. The minimum Gasteiger partial charge on any atom is -0.468 e. The second-order valence-electron chi connectivity index (χ2n) is 5.55. The molecule has 0 heterocycles. The van der Waals surface area contributed by atoms with Crippen LogP contribution in [0, 0.1) is 11.3 Å². The molecule has 0 amide bonds. The molecule has 0 aliphatic rings. The first-order chi connectivity index (χ1) is 11.3. The van der Waals surface area contributed by atoms with Gasteiger partial charge in [0.25, 0.3) is 0 Å². The Morgan fingerprint density at radius 3 is 2.17 bits per heavy atom. The summed E-state index contributed by atoms with van der Waals surface area (Å²) in [5.74, 6) is -3.81. The summed E-state index contributed by atoms with van der Waals surface area (Å²) in [6, 6.07) is 8.35. The van der Waals surface area contributed by atoms with E-state index in [0.717, 1.165) is 7.11 Å². The van der Waals surface area contributed by atoms with Gasteiger partial charge in [-0.15, -0.1) is 0 Å². The largest absolute Gasteiger partial charge is 0.468 e. The maximum Gasteiger partial charge on any atom is 0.319 e. The van der Waals surface area contributed by atoms with Gasteiger partial charge in [-0.1, -0.05) is 30.3 Å². The van der Waals surface area contributed by atoms with Crippen molar-refractivity contribution in [1.29, 1.82) is 0 Å². The van der Waals surface area contributed by atoms with Crippen LogP contribution >= 0.6 is 0 Å². The van der Waals surface area contributed by atoms with Gasteiger partial charge in [0.1, 0.15) is 11.2 Å². The molecule has 0 bridgehead atoms. The zero-order valence-corrected chi connectivity index (χ0v) is 14.3. The predicted octanol–water partition coefficient (Wildman–Crippen LogP) is 2.21. The summed E-state index contributed by atoms with van der Waals surface area (Å²) in [7, 11) is 1.13. The lowest BCUT2D eigenvalue weighted by Crippen LogP contribution is -2.47. The summed E-state index contributed by atoms with van der Waals surface area (Å²) in [5.41, 5.74) is -1.40. The highest BCUT2D eigenvalue weighted by Crippen LogP contribution is 2.35. The van der Waals surface area contributed by atoms with E-state index in [9.17, 15) is 19.2 Å². The van der Waals surface area contributed by atoms with Crippen LogP contribution in [-0.4, -0.2) is 37.2 Å². The third kappa shape index (κ3) is 4.07. The molecule has 1 rings (SSSR count). The minimum atomic E-state index is -1.79. The first-order valence-corrected chi connectivity index (χ1v) is 7.63. The number of Topliss-reactive ketones (excluding diaryl/α,β-unsaturated/α-hetero) is 2. The summed E-state index contributed by atoms with van der Waals surface area (Å²) in [6.07, 6.45) is -0.325. The normalized spacial score (nSPS) is 14.2. The molecule has 1 aromatic carbocycles. The van der Waals surface area contributed by atoms with E-state index >= 15 is 0 Å². The van der Waals surface area contributed by atoms with E-state index < -0.39 is 29.1 Å². The number of methoxy groups -OCH3 is 1. The summed E-state index contributed by atoms with van der Waals surface area (Å²) in [4.78, 5) is 49.1. The molecule has 0 radical (unpaired) electrons. The Morgan fingerprint density at radius 2 is 1.71 bits per heavy atom. The lowest BCUT2D eigenvalue weighted by Gasteiger charge is -2.30. The molecule has 6 nitrogen and oxygen atoms in total. The number of esters is 2. The molecule has 0 aliphatic heterocycles. The maximum atomic E-state index is 12.5. The average Bonchev–Trinajstić information content (AvgIpc) is 2.58. The second kappa shape index (κ2) is 8.38. The number of benzene rings is 1. The van der Waals surface area contributed by atoms with Gasteiger partial charge < -0.3 is 9.47 Å². The van der Waals surface area contributed by atoms with Crippen molar-refractivity contribution in [3.63, 3.8) is 0 Å². The Balaban J connectivity index is 3.25. The van der Waals surface area contributed by atoms with Gasteiger partial charge in [-0.3, -0.25) is 19.2 Å². The number of hydrogen-bond acceptors (Lipinski definition) is 6. The molecule has 2 atom stereocenters. The van der Waals surface area contributed by atoms with Crippen molar-refractivity contribution in [1.82, 2.24) is 0 Å². The van der Waals surface area contributed by atoms with Gasteiger partial charge in [-0.2, -0.15) is 0 Å². The fourth-order valence-corrected chi connectivity index (χ4v) is 2.44. The monoisotopic (exact) mass is 334 g/mol. The topological polar surface area (TPSA) is 86.7 Å². The first kappa shape index (κ1) is 19.5. The van der Waals surface area contributed by atoms with Crippen LogP contribution in [0.4, 0.5) is 0 Å². The number of hydrogen-bond donors (Lipinski definition) is 0. The van der Waals surface area contributed by atoms with Crippen molar-refractivity contribution in [2.24, 2.45) is 11.3 Å². The average molecular weight is 334 g/mol. The molecule has 0 fully saturated rings. The number of carbonyl (C=O) groups is 4. The molecule has 0 saturated carbocycles. The van der Waals surface area contributed by atoms with Crippen molar-refractivity contribution >= 4 is 23.5 Å². The van der Waals surface area contributed by atoms with Crippen LogP contribution in [0.25, 0.3) is 0 Å². The lowest BCUT2D eigenvalue weighted by atomic mass is 9.71. The highest BCUT2D eigenvalue weighted by molar-refractivity contribution is 6.08. The molecular formula is C18H22O6. The highest BCUT2D eigenvalue weighted by Gasteiger charge is 2.51. The predicted molar refractivity (Wildman–Crippen MR) is 86.3 cm³/mol. The van der Waals surface area contributed by atoms with E-state index in [4.69, 9.17) is 9.47 Å². The molecule has 0 spiro atoms. The smallest absolute Gasteiger partial charge is 0.319 e. The van der Waals surface area contributed by atoms with Gasteiger partial charge in [0, 0.05) is 12.0 Å². The summed E-state index contributed by atoms with van der Waals surface area (Å²) in [6.45, 7) is 4.18. The molecule has 0 aliphatic carbocycles. The van der Waals surface area contributed by atoms with Gasteiger partial charge in [0.05, 0.1) is 19.6 Å². The number of ether oxygens (including phenoxy) is 2. The van der Waals surface area contributed by atoms with Gasteiger partial charge >= 0.3 is 11.9 Å². The SMILES string of the molecule is CCOC(=O)C(CC(=O)c1ccccc1)C(C)(C(C)=O)C(=O)OC. The van der Waals surface area contributed by atoms with Crippen molar-refractivity contribution in [2.45, 2.75) is 27.2 Å². The Bertz CT molecular complexity index is 622. The summed E-state index contributed by atoms with van der Waals surface area (Å²) in [5, 5.41) is 0. The van der Waals surface area contributed by atoms with E-state index in [1.54, 1.807) is 37.3 Å². The molecule has 0 saturated heterocycles. The number of carbonyl (C=O) groups excluding carboxylic acids is 4. The summed E-state index contributed by atoms with van der Waals surface area (Å²) >= 11 is 0. The minimum absolute atomic E-state index is 0.0734. The lowest BCUT2D eigenvalue weighted by molar-refractivity contribution is -0.170. The van der Waals surface area contributed by atoms with E-state index in [-0.39, 0.29) is 18.8 Å².